The highest BCUT2D eigenvalue weighted by Crippen LogP contribution is 2.28. The van der Waals surface area contributed by atoms with Crippen molar-refractivity contribution >= 4 is 5.69 Å². The van der Waals surface area contributed by atoms with Crippen LogP contribution in [0, 0.1) is 5.92 Å². The average molecular weight is 248 g/mol. The number of hydrogen-bond donors (Lipinski definition) is 1. The number of benzene rings is 1. The first-order chi connectivity index (χ1) is 8.65. The summed E-state index contributed by atoms with van der Waals surface area (Å²) in [7, 11) is 2.17. The number of rotatable bonds is 5. The molecule has 0 saturated carbocycles. The first-order valence-corrected chi connectivity index (χ1v) is 6.83. The molecule has 1 N–H and O–H groups in total. The molecular formula is C15H24N2O. The van der Waals surface area contributed by atoms with E-state index in [1.165, 1.54) is 6.42 Å². The van der Waals surface area contributed by atoms with E-state index in [-0.39, 0.29) is 6.10 Å². The molecule has 1 aromatic rings. The maximum absolute atomic E-state index is 6.01. The minimum Gasteiger partial charge on any atom is -0.485 e. The monoisotopic (exact) mass is 248 g/mol. The molecule has 0 aromatic heterocycles. The second-order valence-electron chi connectivity index (χ2n) is 5.56. The van der Waals surface area contributed by atoms with E-state index in [4.69, 9.17) is 4.74 Å². The third-order valence-electron chi connectivity index (χ3n) is 3.30. The normalized spacial score (nSPS) is 18.4. The number of nitrogens with zero attached hydrogens (tertiary/aromatic N) is 1. The van der Waals surface area contributed by atoms with Crippen molar-refractivity contribution in [2.24, 2.45) is 5.92 Å². The number of hydrogen-bond acceptors (Lipinski definition) is 3. The Hall–Kier alpha value is -1.22. The first-order valence-electron chi connectivity index (χ1n) is 6.83. The molecule has 1 unspecified atom stereocenters. The molecule has 0 fully saturated rings. The van der Waals surface area contributed by atoms with Gasteiger partial charge in [0.15, 0.2) is 0 Å². The van der Waals surface area contributed by atoms with E-state index in [0.717, 1.165) is 37.0 Å². The highest BCUT2D eigenvalue weighted by Gasteiger charge is 2.19. The van der Waals surface area contributed by atoms with Crippen molar-refractivity contribution in [2.45, 2.75) is 26.4 Å². The summed E-state index contributed by atoms with van der Waals surface area (Å²) in [5, 5.41) is 3.43. The summed E-state index contributed by atoms with van der Waals surface area (Å²) < 4.78 is 6.01. The van der Waals surface area contributed by atoms with Gasteiger partial charge in [-0.05, 0) is 38.1 Å². The van der Waals surface area contributed by atoms with Crippen LogP contribution in [0.1, 0.15) is 20.3 Å². The van der Waals surface area contributed by atoms with Gasteiger partial charge in [-0.3, -0.25) is 0 Å². The van der Waals surface area contributed by atoms with Gasteiger partial charge in [0.25, 0.3) is 0 Å². The Bertz CT molecular complexity index is 379. The van der Waals surface area contributed by atoms with Crippen LogP contribution in [0.25, 0.3) is 0 Å². The molecule has 1 atom stereocenters. The van der Waals surface area contributed by atoms with Crippen LogP contribution < -0.4 is 10.1 Å². The van der Waals surface area contributed by atoms with Gasteiger partial charge >= 0.3 is 0 Å². The fourth-order valence-corrected chi connectivity index (χ4v) is 2.18. The molecule has 100 valence electrons. The quantitative estimate of drug-likeness (QED) is 0.867. The Morgan fingerprint density at radius 2 is 2.17 bits per heavy atom. The van der Waals surface area contributed by atoms with Crippen molar-refractivity contribution < 1.29 is 4.74 Å². The van der Waals surface area contributed by atoms with Crippen molar-refractivity contribution in [1.29, 1.82) is 0 Å². The minimum absolute atomic E-state index is 0.247. The van der Waals surface area contributed by atoms with E-state index >= 15 is 0 Å². The molecule has 0 bridgehead atoms. The summed E-state index contributed by atoms with van der Waals surface area (Å²) in [5.41, 5.74) is 1.11. The Labute approximate surface area is 110 Å². The minimum atomic E-state index is 0.247. The Morgan fingerprint density at radius 1 is 1.39 bits per heavy atom. The zero-order valence-electron chi connectivity index (χ0n) is 11.6. The Balaban J connectivity index is 1.82. The lowest BCUT2D eigenvalue weighted by Gasteiger charge is -2.30. The maximum atomic E-state index is 6.01. The van der Waals surface area contributed by atoms with Gasteiger partial charge in [-0.2, -0.15) is 0 Å². The number of anilines is 1. The second kappa shape index (κ2) is 6.10. The van der Waals surface area contributed by atoms with E-state index < -0.39 is 0 Å². The fraction of sp³-hybridized carbons (Fsp3) is 0.600. The van der Waals surface area contributed by atoms with Gasteiger partial charge in [0, 0.05) is 6.54 Å². The molecule has 3 heteroatoms. The van der Waals surface area contributed by atoms with Gasteiger partial charge in [0.1, 0.15) is 11.9 Å². The molecule has 0 aliphatic carbocycles. The van der Waals surface area contributed by atoms with E-state index in [1.54, 1.807) is 0 Å². The van der Waals surface area contributed by atoms with Crippen LogP contribution in [0.2, 0.25) is 0 Å². The largest absolute Gasteiger partial charge is 0.485 e. The number of nitrogens with one attached hydrogen (secondary N) is 1. The molecule has 0 saturated heterocycles. The lowest BCUT2D eigenvalue weighted by molar-refractivity contribution is 0.148. The van der Waals surface area contributed by atoms with Crippen LogP contribution in [0.15, 0.2) is 24.3 Å². The molecular weight excluding hydrogens is 224 g/mol. The van der Waals surface area contributed by atoms with Crippen LogP contribution in [0.5, 0.6) is 5.75 Å². The van der Waals surface area contributed by atoms with Crippen molar-refractivity contribution in [2.75, 3.05) is 32.0 Å². The third-order valence-corrected chi connectivity index (χ3v) is 3.30. The molecule has 2 rings (SSSR count). The van der Waals surface area contributed by atoms with Gasteiger partial charge in [-0.15, -0.1) is 0 Å². The van der Waals surface area contributed by atoms with Crippen LogP contribution in [0.3, 0.4) is 0 Å². The lowest BCUT2D eigenvalue weighted by atomic mass is 10.1. The summed E-state index contributed by atoms with van der Waals surface area (Å²) in [6.45, 7) is 7.54. The highest BCUT2D eigenvalue weighted by atomic mass is 16.5. The third kappa shape index (κ3) is 3.64. The van der Waals surface area contributed by atoms with Gasteiger partial charge < -0.3 is 15.0 Å². The summed E-state index contributed by atoms with van der Waals surface area (Å²) in [6, 6.07) is 8.15. The van der Waals surface area contributed by atoms with Gasteiger partial charge in [-0.1, -0.05) is 26.0 Å². The first kappa shape index (κ1) is 13.2. The van der Waals surface area contributed by atoms with E-state index in [1.807, 2.05) is 18.2 Å². The standard InChI is InChI=1S/C15H24N2O/c1-12(2)8-9-17(3)11-13-10-16-14-6-4-5-7-15(14)18-13/h4-7,12-13,16H,8-11H2,1-3H3. The van der Waals surface area contributed by atoms with E-state index in [0.29, 0.717) is 0 Å². The number of likely N-dealkylation sites (N-methyl/N-ethyl adjacent to an activating group) is 1. The molecule has 0 amide bonds. The summed E-state index contributed by atoms with van der Waals surface area (Å²) >= 11 is 0. The molecule has 1 aromatic carbocycles. The summed E-state index contributed by atoms with van der Waals surface area (Å²) in [4.78, 5) is 2.36. The van der Waals surface area contributed by atoms with Gasteiger partial charge in [0.05, 0.1) is 12.2 Å². The van der Waals surface area contributed by atoms with Gasteiger partial charge in [-0.25, -0.2) is 0 Å². The maximum Gasteiger partial charge on any atom is 0.142 e. The molecule has 0 spiro atoms. The van der Waals surface area contributed by atoms with Crippen LogP contribution in [0.4, 0.5) is 5.69 Å². The van der Waals surface area contributed by atoms with Crippen molar-refractivity contribution in [1.82, 2.24) is 4.90 Å². The lowest BCUT2D eigenvalue weighted by Crippen LogP contribution is -2.40. The van der Waals surface area contributed by atoms with E-state index in [9.17, 15) is 0 Å². The predicted molar refractivity (Wildman–Crippen MR) is 76.3 cm³/mol. The smallest absolute Gasteiger partial charge is 0.142 e. The molecule has 3 nitrogen and oxygen atoms in total. The molecule has 0 radical (unpaired) electrons. The van der Waals surface area contributed by atoms with Crippen molar-refractivity contribution in [3.63, 3.8) is 0 Å². The zero-order valence-corrected chi connectivity index (χ0v) is 11.6. The Morgan fingerprint density at radius 3 is 2.94 bits per heavy atom. The molecule has 1 heterocycles. The summed E-state index contributed by atoms with van der Waals surface area (Å²) in [5.74, 6) is 1.74. The van der Waals surface area contributed by atoms with E-state index in [2.05, 4.69) is 37.2 Å². The average Bonchev–Trinajstić information content (AvgIpc) is 2.36. The summed E-state index contributed by atoms with van der Waals surface area (Å²) in [6.07, 6.45) is 1.49. The van der Waals surface area contributed by atoms with Crippen molar-refractivity contribution in [3.8, 4) is 5.75 Å². The fourth-order valence-electron chi connectivity index (χ4n) is 2.18. The predicted octanol–water partition coefficient (Wildman–Crippen LogP) is 2.84. The van der Waals surface area contributed by atoms with Crippen LogP contribution in [-0.4, -0.2) is 37.7 Å². The number of ether oxygens (including phenoxy) is 1. The molecule has 1 aliphatic rings. The van der Waals surface area contributed by atoms with Crippen molar-refractivity contribution in [3.05, 3.63) is 24.3 Å². The second-order valence-corrected chi connectivity index (χ2v) is 5.56. The van der Waals surface area contributed by atoms with Crippen LogP contribution >= 0.6 is 0 Å². The Kier molecular flexibility index (Phi) is 4.48. The number of para-hydroxylation sites is 2. The topological polar surface area (TPSA) is 24.5 Å². The van der Waals surface area contributed by atoms with Gasteiger partial charge in [0.2, 0.25) is 0 Å². The highest BCUT2D eigenvalue weighted by molar-refractivity contribution is 5.57. The van der Waals surface area contributed by atoms with Crippen LogP contribution in [-0.2, 0) is 0 Å². The zero-order chi connectivity index (χ0) is 13.0. The molecule has 18 heavy (non-hydrogen) atoms. The SMILES string of the molecule is CC(C)CCN(C)CC1CNc2ccccc2O1. The molecule has 1 aliphatic heterocycles. The number of fused-ring (bicyclic) bond motifs is 1.